The molecule has 2 unspecified atom stereocenters. The molecule has 2 nitrogen and oxygen atoms in total. The van der Waals surface area contributed by atoms with Crippen LogP contribution in [0.4, 0.5) is 0 Å². The van der Waals surface area contributed by atoms with Crippen LogP contribution in [0.15, 0.2) is 0 Å². The Bertz CT molecular complexity index is 193. The monoisotopic (exact) mass is 225 g/mol. The summed E-state index contributed by atoms with van der Waals surface area (Å²) in [7, 11) is 0. The number of ether oxygens (including phenoxy) is 1. The van der Waals surface area contributed by atoms with Gasteiger partial charge in [0.1, 0.15) is 0 Å². The molecular formula is C14H27NO. The predicted molar refractivity (Wildman–Crippen MR) is 67.6 cm³/mol. The summed E-state index contributed by atoms with van der Waals surface area (Å²) in [5.41, 5.74) is 0. The lowest BCUT2D eigenvalue weighted by molar-refractivity contribution is 0.0811. The third kappa shape index (κ3) is 3.46. The van der Waals surface area contributed by atoms with E-state index in [4.69, 9.17) is 4.74 Å². The molecule has 2 aliphatic rings. The molecule has 16 heavy (non-hydrogen) atoms. The molecule has 2 rings (SSSR count). The third-order valence-electron chi connectivity index (χ3n) is 4.39. The second kappa shape index (κ2) is 6.02. The van der Waals surface area contributed by atoms with Gasteiger partial charge < -0.3 is 10.1 Å². The van der Waals surface area contributed by atoms with Crippen LogP contribution in [0.25, 0.3) is 0 Å². The summed E-state index contributed by atoms with van der Waals surface area (Å²) in [6.45, 7) is 6.84. The Labute approximate surface area is 100 Å². The average Bonchev–Trinajstić information content (AvgIpc) is 2.81. The Balaban J connectivity index is 1.62. The lowest BCUT2D eigenvalue weighted by Crippen LogP contribution is -2.40. The van der Waals surface area contributed by atoms with Gasteiger partial charge in [0.05, 0.1) is 6.10 Å². The number of nitrogens with one attached hydrogen (secondary N) is 1. The normalized spacial score (nSPS) is 37.5. The van der Waals surface area contributed by atoms with E-state index in [2.05, 4.69) is 19.2 Å². The van der Waals surface area contributed by atoms with Gasteiger partial charge in [0.2, 0.25) is 0 Å². The molecule has 0 radical (unpaired) electrons. The van der Waals surface area contributed by atoms with Gasteiger partial charge in [-0.15, -0.1) is 0 Å². The highest BCUT2D eigenvalue weighted by atomic mass is 16.5. The van der Waals surface area contributed by atoms with Gasteiger partial charge in [0.15, 0.2) is 0 Å². The first-order chi connectivity index (χ1) is 7.75. The maximum Gasteiger partial charge on any atom is 0.0726 e. The van der Waals surface area contributed by atoms with Crippen molar-refractivity contribution < 1.29 is 4.74 Å². The molecule has 0 bridgehead atoms. The minimum absolute atomic E-state index is 0.475. The van der Waals surface area contributed by atoms with E-state index in [-0.39, 0.29) is 0 Å². The van der Waals surface area contributed by atoms with Gasteiger partial charge in [-0.2, -0.15) is 0 Å². The van der Waals surface area contributed by atoms with Gasteiger partial charge in [-0.05, 0) is 51.0 Å². The smallest absolute Gasteiger partial charge is 0.0726 e. The van der Waals surface area contributed by atoms with E-state index in [1.54, 1.807) is 0 Å². The van der Waals surface area contributed by atoms with Crippen molar-refractivity contribution in [2.75, 3.05) is 13.2 Å². The molecule has 1 N–H and O–H groups in total. The van der Waals surface area contributed by atoms with Gasteiger partial charge in [-0.25, -0.2) is 0 Å². The van der Waals surface area contributed by atoms with Crippen LogP contribution < -0.4 is 5.32 Å². The maximum atomic E-state index is 5.71. The van der Waals surface area contributed by atoms with E-state index in [1.807, 2.05) is 0 Å². The van der Waals surface area contributed by atoms with Gasteiger partial charge in [0.25, 0.3) is 0 Å². The van der Waals surface area contributed by atoms with Crippen molar-refractivity contribution in [3.63, 3.8) is 0 Å². The summed E-state index contributed by atoms with van der Waals surface area (Å²) >= 11 is 0. The second-order valence-electron chi connectivity index (χ2n) is 5.87. The molecule has 2 fully saturated rings. The summed E-state index contributed by atoms with van der Waals surface area (Å²) in [5.74, 6) is 1.88. The Kier molecular flexibility index (Phi) is 4.66. The van der Waals surface area contributed by atoms with Crippen LogP contribution in [-0.4, -0.2) is 25.3 Å². The first kappa shape index (κ1) is 12.4. The first-order valence-corrected chi connectivity index (χ1v) is 7.10. The van der Waals surface area contributed by atoms with Crippen molar-refractivity contribution in [1.29, 1.82) is 0 Å². The summed E-state index contributed by atoms with van der Waals surface area (Å²) < 4.78 is 5.71. The van der Waals surface area contributed by atoms with Crippen molar-refractivity contribution >= 4 is 0 Å². The zero-order chi connectivity index (χ0) is 11.4. The molecule has 1 saturated heterocycles. The molecule has 1 aliphatic heterocycles. The van der Waals surface area contributed by atoms with Crippen molar-refractivity contribution in [2.45, 2.75) is 64.5 Å². The van der Waals surface area contributed by atoms with Crippen LogP contribution in [0.5, 0.6) is 0 Å². The van der Waals surface area contributed by atoms with Gasteiger partial charge in [0, 0.05) is 12.6 Å². The predicted octanol–water partition coefficient (Wildman–Crippen LogP) is 2.97. The Hall–Kier alpha value is -0.0800. The molecule has 94 valence electrons. The average molecular weight is 225 g/mol. The molecule has 0 amide bonds. The molecule has 0 aromatic rings. The molecule has 0 aromatic carbocycles. The van der Waals surface area contributed by atoms with Gasteiger partial charge in [-0.1, -0.05) is 19.8 Å². The van der Waals surface area contributed by atoms with Crippen LogP contribution in [0, 0.1) is 11.8 Å². The highest BCUT2D eigenvalue weighted by Gasteiger charge is 2.23. The van der Waals surface area contributed by atoms with E-state index in [9.17, 15) is 0 Å². The second-order valence-corrected chi connectivity index (χ2v) is 5.87. The van der Waals surface area contributed by atoms with E-state index in [0.29, 0.717) is 12.1 Å². The zero-order valence-electron chi connectivity index (χ0n) is 10.9. The molecule has 1 saturated carbocycles. The van der Waals surface area contributed by atoms with Crippen LogP contribution in [0.2, 0.25) is 0 Å². The molecule has 0 aromatic heterocycles. The van der Waals surface area contributed by atoms with Crippen molar-refractivity contribution in [2.24, 2.45) is 11.8 Å². The molecular weight excluding hydrogens is 198 g/mol. The van der Waals surface area contributed by atoms with Crippen LogP contribution in [-0.2, 0) is 4.74 Å². The Morgan fingerprint density at radius 1 is 1.19 bits per heavy atom. The number of hydrogen-bond acceptors (Lipinski definition) is 2. The molecule has 1 aliphatic carbocycles. The number of hydrogen-bond donors (Lipinski definition) is 1. The highest BCUT2D eigenvalue weighted by molar-refractivity contribution is 4.79. The number of rotatable bonds is 4. The summed E-state index contributed by atoms with van der Waals surface area (Å²) in [5, 5.41) is 3.68. The SMILES string of the molecule is CC1CCC(CNC(C)C2CCCO2)CC1. The van der Waals surface area contributed by atoms with Crippen molar-refractivity contribution in [3.8, 4) is 0 Å². The van der Waals surface area contributed by atoms with Crippen LogP contribution >= 0.6 is 0 Å². The lowest BCUT2D eigenvalue weighted by atomic mass is 9.83. The minimum atomic E-state index is 0.475. The van der Waals surface area contributed by atoms with Crippen LogP contribution in [0.1, 0.15) is 52.4 Å². The fourth-order valence-electron chi connectivity index (χ4n) is 3.01. The molecule has 1 heterocycles. The van der Waals surface area contributed by atoms with Gasteiger partial charge in [-0.3, -0.25) is 0 Å². The standard InChI is InChI=1S/C14H27NO/c1-11-5-7-13(8-6-11)10-15-12(2)14-4-3-9-16-14/h11-15H,3-10H2,1-2H3. The van der Waals surface area contributed by atoms with E-state index >= 15 is 0 Å². The third-order valence-corrected chi connectivity index (χ3v) is 4.39. The highest BCUT2D eigenvalue weighted by Crippen LogP contribution is 2.28. The fraction of sp³-hybridized carbons (Fsp3) is 1.00. The van der Waals surface area contributed by atoms with Crippen LogP contribution in [0.3, 0.4) is 0 Å². The first-order valence-electron chi connectivity index (χ1n) is 7.10. The summed E-state index contributed by atoms with van der Waals surface area (Å²) in [6.07, 6.45) is 8.68. The van der Waals surface area contributed by atoms with E-state index in [0.717, 1.165) is 18.4 Å². The fourth-order valence-corrected chi connectivity index (χ4v) is 3.01. The molecule has 2 heteroatoms. The van der Waals surface area contributed by atoms with Crippen molar-refractivity contribution in [3.05, 3.63) is 0 Å². The maximum absolute atomic E-state index is 5.71. The Morgan fingerprint density at radius 2 is 1.94 bits per heavy atom. The quantitative estimate of drug-likeness (QED) is 0.794. The Morgan fingerprint density at radius 3 is 2.56 bits per heavy atom. The topological polar surface area (TPSA) is 21.3 Å². The van der Waals surface area contributed by atoms with Gasteiger partial charge >= 0.3 is 0 Å². The van der Waals surface area contributed by atoms with Crippen molar-refractivity contribution in [1.82, 2.24) is 5.32 Å². The summed E-state index contributed by atoms with van der Waals surface area (Å²) in [6, 6.07) is 0.543. The zero-order valence-corrected chi connectivity index (χ0v) is 10.9. The lowest BCUT2D eigenvalue weighted by Gasteiger charge is -2.28. The summed E-state index contributed by atoms with van der Waals surface area (Å²) in [4.78, 5) is 0. The van der Waals surface area contributed by atoms with E-state index < -0.39 is 0 Å². The molecule has 2 atom stereocenters. The largest absolute Gasteiger partial charge is 0.377 e. The minimum Gasteiger partial charge on any atom is -0.377 e. The molecule has 0 spiro atoms. The van der Waals surface area contributed by atoms with E-state index in [1.165, 1.54) is 45.1 Å².